The van der Waals surface area contributed by atoms with E-state index in [9.17, 15) is 0 Å². The maximum atomic E-state index is 6.10. The molecule has 9 heteroatoms. The number of fused-ring (bicyclic) bond motifs is 1. The van der Waals surface area contributed by atoms with Crippen molar-refractivity contribution in [3.63, 3.8) is 0 Å². The predicted molar refractivity (Wildman–Crippen MR) is 116 cm³/mol. The van der Waals surface area contributed by atoms with Gasteiger partial charge in [-0.1, -0.05) is 31.7 Å². The number of nitrogens with zero attached hydrogens (tertiary/aromatic N) is 4. The molecule has 2 atom stereocenters. The van der Waals surface area contributed by atoms with E-state index in [-0.39, 0.29) is 30.4 Å². The second-order valence-electron chi connectivity index (χ2n) is 6.68. The molecule has 0 aromatic carbocycles. The third kappa shape index (κ3) is 3.67. The van der Waals surface area contributed by atoms with Gasteiger partial charge in [-0.15, -0.1) is 36.2 Å². The van der Waals surface area contributed by atoms with Gasteiger partial charge in [0.2, 0.25) is 5.95 Å². The first kappa shape index (κ1) is 21.3. The highest BCUT2D eigenvalue weighted by Crippen LogP contribution is 2.47. The number of hydrogen-bond acceptors (Lipinski definition) is 7. The second-order valence-corrected chi connectivity index (χ2v) is 8.66. The number of thioether (sulfide) groups is 1. The van der Waals surface area contributed by atoms with E-state index < -0.39 is 0 Å². The zero-order valence-corrected chi connectivity index (χ0v) is 17.9. The fraction of sp³-hybridized carbons (Fsp3) is 0.471. The van der Waals surface area contributed by atoms with Gasteiger partial charge in [-0.2, -0.15) is 0 Å². The Hall–Kier alpha value is -1.02. The van der Waals surface area contributed by atoms with E-state index in [0.29, 0.717) is 17.0 Å². The van der Waals surface area contributed by atoms with Crippen LogP contribution in [0.1, 0.15) is 30.3 Å². The van der Waals surface area contributed by atoms with Crippen LogP contribution >= 0.6 is 47.9 Å². The van der Waals surface area contributed by atoms with Gasteiger partial charge in [-0.05, 0) is 23.4 Å². The van der Waals surface area contributed by atoms with Crippen molar-refractivity contribution in [2.75, 3.05) is 23.7 Å². The van der Waals surface area contributed by atoms with E-state index in [1.54, 1.807) is 23.1 Å². The minimum Gasteiger partial charge on any atom is -0.379 e. The van der Waals surface area contributed by atoms with Crippen molar-refractivity contribution in [2.24, 2.45) is 16.6 Å². The van der Waals surface area contributed by atoms with Crippen LogP contribution in [0, 0.1) is 5.92 Å². The number of halogens is 2. The van der Waals surface area contributed by atoms with Gasteiger partial charge in [0.1, 0.15) is 5.54 Å². The topological polar surface area (TPSA) is 67.4 Å². The summed E-state index contributed by atoms with van der Waals surface area (Å²) >= 11 is 3.43. The zero-order chi connectivity index (χ0) is 16.7. The number of aliphatic imine (C=N–C) groups is 1. The number of anilines is 1. The summed E-state index contributed by atoms with van der Waals surface area (Å²) in [5.41, 5.74) is 6.93. The van der Waals surface area contributed by atoms with Crippen LogP contribution in [0.2, 0.25) is 0 Å². The Labute approximate surface area is 174 Å². The molecule has 0 spiro atoms. The normalized spacial score (nSPS) is 24.5. The Bertz CT molecular complexity index is 768. The van der Waals surface area contributed by atoms with Gasteiger partial charge >= 0.3 is 0 Å². The maximum Gasteiger partial charge on any atom is 0.225 e. The number of rotatable bonds is 3. The van der Waals surface area contributed by atoms with Gasteiger partial charge in [0.05, 0.1) is 6.54 Å². The van der Waals surface area contributed by atoms with Gasteiger partial charge < -0.3 is 10.6 Å². The number of thiophene rings is 1. The summed E-state index contributed by atoms with van der Waals surface area (Å²) < 4.78 is 0. The zero-order valence-electron chi connectivity index (χ0n) is 14.7. The van der Waals surface area contributed by atoms with Crippen molar-refractivity contribution < 1.29 is 0 Å². The molecule has 5 nitrogen and oxygen atoms in total. The number of hydrogen-bond donors (Lipinski definition) is 1. The van der Waals surface area contributed by atoms with Gasteiger partial charge in [0, 0.05) is 35.0 Å². The number of amidine groups is 1. The van der Waals surface area contributed by atoms with Crippen molar-refractivity contribution in [1.82, 2.24) is 9.97 Å². The van der Waals surface area contributed by atoms with Gasteiger partial charge in [0.25, 0.3) is 0 Å². The van der Waals surface area contributed by atoms with Crippen molar-refractivity contribution in [2.45, 2.75) is 25.3 Å². The monoisotopic (exact) mass is 431 g/mol. The SMILES string of the molecule is CC(C)c1ccnc(N2C[C@H]3CSC(N)=N[C@@]3(c3cccs3)C2)n1.Cl.Cl. The van der Waals surface area contributed by atoms with Crippen LogP contribution in [0.15, 0.2) is 34.8 Å². The van der Waals surface area contributed by atoms with Crippen molar-refractivity contribution >= 4 is 59.0 Å². The van der Waals surface area contributed by atoms with E-state index in [4.69, 9.17) is 15.7 Å². The molecule has 0 unspecified atom stereocenters. The Kier molecular flexibility index (Phi) is 6.82. The molecule has 0 radical (unpaired) electrons. The quantitative estimate of drug-likeness (QED) is 0.797. The Morgan fingerprint density at radius 3 is 2.81 bits per heavy atom. The Morgan fingerprint density at radius 1 is 1.31 bits per heavy atom. The van der Waals surface area contributed by atoms with Crippen LogP contribution in [0.5, 0.6) is 0 Å². The van der Waals surface area contributed by atoms with E-state index in [2.05, 4.69) is 41.2 Å². The minimum absolute atomic E-state index is 0. The lowest BCUT2D eigenvalue weighted by atomic mass is 9.87. The molecule has 26 heavy (non-hydrogen) atoms. The van der Waals surface area contributed by atoms with E-state index >= 15 is 0 Å². The fourth-order valence-corrected chi connectivity index (χ4v) is 5.40. The third-order valence-corrected chi connectivity index (χ3v) is 6.77. The first-order valence-electron chi connectivity index (χ1n) is 8.18. The summed E-state index contributed by atoms with van der Waals surface area (Å²) in [5, 5.41) is 2.81. The van der Waals surface area contributed by atoms with Crippen LogP contribution in [0.25, 0.3) is 0 Å². The summed E-state index contributed by atoms with van der Waals surface area (Å²) in [4.78, 5) is 17.8. The molecule has 2 aromatic rings. The number of aromatic nitrogens is 2. The molecule has 142 valence electrons. The van der Waals surface area contributed by atoms with Crippen LogP contribution in [-0.2, 0) is 5.54 Å². The summed E-state index contributed by atoms with van der Waals surface area (Å²) in [5.74, 6) is 2.63. The molecule has 2 aliphatic heterocycles. The molecule has 1 fully saturated rings. The molecule has 2 aromatic heterocycles. The van der Waals surface area contributed by atoms with Crippen LogP contribution in [0.3, 0.4) is 0 Å². The summed E-state index contributed by atoms with van der Waals surface area (Å²) in [6.45, 7) is 6.03. The van der Waals surface area contributed by atoms with Crippen molar-refractivity contribution in [3.05, 3.63) is 40.3 Å². The van der Waals surface area contributed by atoms with E-state index in [0.717, 1.165) is 30.5 Å². The summed E-state index contributed by atoms with van der Waals surface area (Å²) in [6, 6.07) is 6.27. The van der Waals surface area contributed by atoms with Gasteiger partial charge in [-0.3, -0.25) is 0 Å². The third-order valence-electron chi connectivity index (χ3n) is 4.78. The lowest BCUT2D eigenvalue weighted by Gasteiger charge is -2.33. The first-order chi connectivity index (χ1) is 11.6. The van der Waals surface area contributed by atoms with E-state index in [1.165, 1.54) is 4.88 Å². The molecule has 2 aliphatic rings. The fourth-order valence-electron chi connectivity index (χ4n) is 3.48. The molecule has 2 N–H and O–H groups in total. The predicted octanol–water partition coefficient (Wildman–Crippen LogP) is 3.90. The van der Waals surface area contributed by atoms with Crippen LogP contribution < -0.4 is 10.6 Å². The molecule has 1 saturated heterocycles. The minimum atomic E-state index is -0.249. The van der Waals surface area contributed by atoms with Crippen LogP contribution in [0.4, 0.5) is 5.95 Å². The molecule has 0 bridgehead atoms. The van der Waals surface area contributed by atoms with E-state index in [1.807, 2.05) is 12.3 Å². The summed E-state index contributed by atoms with van der Waals surface area (Å²) in [7, 11) is 0. The number of nitrogens with two attached hydrogens (primary N) is 1. The second kappa shape index (κ2) is 8.33. The Morgan fingerprint density at radius 2 is 2.12 bits per heavy atom. The molecule has 4 rings (SSSR count). The Balaban J connectivity index is 0.00000121. The first-order valence-corrected chi connectivity index (χ1v) is 10.0. The molecule has 0 saturated carbocycles. The lowest BCUT2D eigenvalue weighted by molar-refractivity contribution is 0.395. The van der Waals surface area contributed by atoms with Gasteiger partial charge in [-0.25, -0.2) is 15.0 Å². The highest BCUT2D eigenvalue weighted by Gasteiger charge is 2.51. The highest BCUT2D eigenvalue weighted by atomic mass is 35.5. The molecule has 0 amide bonds. The summed E-state index contributed by atoms with van der Waals surface area (Å²) in [6.07, 6.45) is 1.86. The molecular formula is C17H23Cl2N5S2. The smallest absolute Gasteiger partial charge is 0.225 e. The molecule has 4 heterocycles. The van der Waals surface area contributed by atoms with Crippen molar-refractivity contribution in [3.8, 4) is 0 Å². The molecule has 0 aliphatic carbocycles. The largest absolute Gasteiger partial charge is 0.379 e. The average molecular weight is 432 g/mol. The van der Waals surface area contributed by atoms with Gasteiger partial charge in [0.15, 0.2) is 5.17 Å². The van der Waals surface area contributed by atoms with Crippen molar-refractivity contribution in [1.29, 1.82) is 0 Å². The average Bonchev–Trinajstić information content (AvgIpc) is 3.22. The molecular weight excluding hydrogens is 409 g/mol. The maximum absolute atomic E-state index is 6.10. The standard InChI is InChI=1S/C17H21N5S2.2ClH/c1-11(2)13-5-6-19-16(20-13)22-8-12-9-24-15(18)21-17(12,10-22)14-4-3-7-23-14;;/h3-7,11-12H,8-10H2,1-2H3,(H2,18,21);2*1H/t12-,17-;;/m0../s1. The van der Waals surface area contributed by atoms with Crippen LogP contribution in [-0.4, -0.2) is 34.0 Å². The lowest BCUT2D eigenvalue weighted by Crippen LogP contribution is -2.39. The highest BCUT2D eigenvalue weighted by molar-refractivity contribution is 8.13.